The molecule has 12 heavy (non-hydrogen) atoms. The summed E-state index contributed by atoms with van der Waals surface area (Å²) in [6.45, 7) is 2.77. The van der Waals surface area contributed by atoms with Gasteiger partial charge in [0.15, 0.2) is 5.69 Å². The van der Waals surface area contributed by atoms with E-state index in [1.165, 1.54) is 0 Å². The summed E-state index contributed by atoms with van der Waals surface area (Å²) in [6.07, 6.45) is 2.51. The van der Waals surface area contributed by atoms with Gasteiger partial charge in [-0.15, -0.1) is 5.10 Å². The van der Waals surface area contributed by atoms with E-state index in [0.717, 1.165) is 13.0 Å². The third-order valence-electron chi connectivity index (χ3n) is 1.36. The van der Waals surface area contributed by atoms with Crippen molar-refractivity contribution in [3.8, 4) is 0 Å². The smallest absolute Gasteiger partial charge is 0.287 e. The summed E-state index contributed by atoms with van der Waals surface area (Å²) in [6, 6.07) is 0. The molecule has 1 aromatic heterocycles. The number of carbonyl (C=O) groups excluding carboxylic acids is 1. The van der Waals surface area contributed by atoms with Crippen LogP contribution in [0.1, 0.15) is 23.8 Å². The Morgan fingerprint density at radius 1 is 1.83 bits per heavy atom. The van der Waals surface area contributed by atoms with Crippen LogP contribution in [0.15, 0.2) is 6.20 Å². The first kappa shape index (κ1) is 8.66. The number of nitrogens with zero attached hydrogens (tertiary/aromatic N) is 3. The van der Waals surface area contributed by atoms with Gasteiger partial charge in [-0.2, -0.15) is 0 Å². The van der Waals surface area contributed by atoms with Gasteiger partial charge in [-0.05, 0) is 6.42 Å². The highest BCUT2D eigenvalue weighted by Crippen LogP contribution is 1.93. The largest absolute Gasteiger partial charge is 0.289 e. The van der Waals surface area contributed by atoms with Crippen molar-refractivity contribution in [3.63, 3.8) is 0 Å². The van der Waals surface area contributed by atoms with Crippen molar-refractivity contribution in [1.29, 1.82) is 0 Å². The van der Waals surface area contributed by atoms with Crippen LogP contribution in [-0.2, 0) is 6.54 Å². The van der Waals surface area contributed by atoms with Crippen LogP contribution in [0.4, 0.5) is 0 Å². The maximum Gasteiger partial charge on any atom is 0.287 e. The van der Waals surface area contributed by atoms with Crippen LogP contribution in [0.3, 0.4) is 0 Å². The fraction of sp³-hybridized carbons (Fsp3) is 0.500. The van der Waals surface area contributed by atoms with Crippen molar-refractivity contribution in [2.75, 3.05) is 0 Å². The molecule has 1 rings (SSSR count). The number of aromatic nitrogens is 3. The van der Waals surface area contributed by atoms with Crippen LogP contribution in [0.5, 0.6) is 0 Å². The summed E-state index contributed by atoms with van der Waals surface area (Å²) in [5, 5.41) is 7.35. The minimum Gasteiger partial charge on any atom is -0.289 e. The quantitative estimate of drug-likeness (QED) is 0.355. The lowest BCUT2D eigenvalue weighted by Crippen LogP contribution is -2.30. The van der Waals surface area contributed by atoms with E-state index in [-0.39, 0.29) is 5.69 Å². The van der Waals surface area contributed by atoms with Crippen LogP contribution >= 0.6 is 0 Å². The summed E-state index contributed by atoms with van der Waals surface area (Å²) in [5.41, 5.74) is 2.22. The lowest BCUT2D eigenvalue weighted by atomic mass is 10.4. The molecule has 0 spiro atoms. The molecule has 0 bridgehead atoms. The molecule has 0 aliphatic rings. The first-order chi connectivity index (χ1) is 5.77. The van der Waals surface area contributed by atoms with Gasteiger partial charge in [0.05, 0.1) is 6.20 Å². The normalized spacial score (nSPS) is 9.83. The molecule has 0 aliphatic heterocycles. The number of hydrazine groups is 1. The average Bonchev–Trinajstić information content (AvgIpc) is 2.52. The second kappa shape index (κ2) is 3.82. The molecule has 0 saturated carbocycles. The molecular weight excluding hydrogens is 158 g/mol. The molecule has 1 amide bonds. The molecule has 1 aromatic rings. The van der Waals surface area contributed by atoms with E-state index >= 15 is 0 Å². The van der Waals surface area contributed by atoms with Gasteiger partial charge in [0.2, 0.25) is 0 Å². The van der Waals surface area contributed by atoms with Crippen molar-refractivity contribution >= 4 is 5.91 Å². The molecule has 6 nitrogen and oxygen atoms in total. The fourth-order valence-electron chi connectivity index (χ4n) is 0.815. The summed E-state index contributed by atoms with van der Waals surface area (Å²) in [7, 11) is 0. The number of aryl methyl sites for hydroxylation is 1. The van der Waals surface area contributed by atoms with Crippen LogP contribution in [-0.4, -0.2) is 20.9 Å². The van der Waals surface area contributed by atoms with Crippen molar-refractivity contribution < 1.29 is 4.79 Å². The predicted octanol–water partition coefficient (Wildman–Crippen LogP) is -0.708. The highest BCUT2D eigenvalue weighted by Gasteiger charge is 2.07. The van der Waals surface area contributed by atoms with Gasteiger partial charge in [-0.1, -0.05) is 12.1 Å². The van der Waals surface area contributed by atoms with E-state index < -0.39 is 5.91 Å². The summed E-state index contributed by atoms with van der Waals surface area (Å²) >= 11 is 0. The first-order valence-electron chi connectivity index (χ1n) is 3.69. The Kier molecular flexibility index (Phi) is 2.76. The van der Waals surface area contributed by atoms with Crippen LogP contribution < -0.4 is 11.3 Å². The molecule has 0 fully saturated rings. The summed E-state index contributed by atoms with van der Waals surface area (Å²) in [4.78, 5) is 10.9. The number of nitrogen functional groups attached to an aromatic ring is 1. The standard InChI is InChI=1S/C6H11N5O/c1-2-3-11-4-5(9-10-11)6(12)8-7/h4H,2-3,7H2,1H3,(H,8,12). The molecule has 66 valence electrons. The number of rotatable bonds is 3. The Hall–Kier alpha value is -1.43. The van der Waals surface area contributed by atoms with Crippen LogP contribution in [0.2, 0.25) is 0 Å². The number of hydrogen-bond acceptors (Lipinski definition) is 4. The highest BCUT2D eigenvalue weighted by molar-refractivity contribution is 5.91. The second-order valence-electron chi connectivity index (χ2n) is 2.34. The topological polar surface area (TPSA) is 85.8 Å². The molecule has 3 N–H and O–H groups in total. The Labute approximate surface area is 69.7 Å². The van der Waals surface area contributed by atoms with Crippen molar-refractivity contribution in [2.45, 2.75) is 19.9 Å². The third-order valence-corrected chi connectivity index (χ3v) is 1.36. The minimum absolute atomic E-state index is 0.242. The Morgan fingerprint density at radius 2 is 2.58 bits per heavy atom. The number of nitrogens with two attached hydrogens (primary N) is 1. The van der Waals surface area contributed by atoms with E-state index in [1.807, 2.05) is 12.3 Å². The zero-order valence-electron chi connectivity index (χ0n) is 6.82. The van der Waals surface area contributed by atoms with E-state index in [1.54, 1.807) is 10.9 Å². The molecule has 0 unspecified atom stereocenters. The van der Waals surface area contributed by atoms with Crippen molar-refractivity contribution in [2.24, 2.45) is 5.84 Å². The van der Waals surface area contributed by atoms with Crippen molar-refractivity contribution in [3.05, 3.63) is 11.9 Å². The van der Waals surface area contributed by atoms with Gasteiger partial charge in [0.25, 0.3) is 5.91 Å². The number of amides is 1. The molecule has 0 atom stereocenters. The van der Waals surface area contributed by atoms with Gasteiger partial charge in [-0.25, -0.2) is 5.84 Å². The van der Waals surface area contributed by atoms with Gasteiger partial charge in [0.1, 0.15) is 0 Å². The van der Waals surface area contributed by atoms with Gasteiger partial charge in [0, 0.05) is 6.54 Å². The zero-order chi connectivity index (χ0) is 8.97. The second-order valence-corrected chi connectivity index (χ2v) is 2.34. The molecule has 0 aliphatic carbocycles. The molecule has 1 heterocycles. The molecule has 0 saturated heterocycles. The number of carbonyl (C=O) groups is 1. The minimum atomic E-state index is -0.419. The van der Waals surface area contributed by atoms with E-state index in [9.17, 15) is 4.79 Å². The molecule has 0 radical (unpaired) electrons. The van der Waals surface area contributed by atoms with E-state index in [2.05, 4.69) is 10.3 Å². The lowest BCUT2D eigenvalue weighted by molar-refractivity contribution is 0.0948. The van der Waals surface area contributed by atoms with Crippen molar-refractivity contribution in [1.82, 2.24) is 20.4 Å². The monoisotopic (exact) mass is 169 g/mol. The summed E-state index contributed by atoms with van der Waals surface area (Å²) in [5.74, 6) is 4.49. The Balaban J connectivity index is 2.70. The van der Waals surface area contributed by atoms with Crippen LogP contribution in [0, 0.1) is 0 Å². The zero-order valence-corrected chi connectivity index (χ0v) is 6.82. The van der Waals surface area contributed by atoms with E-state index in [4.69, 9.17) is 5.84 Å². The third kappa shape index (κ3) is 1.79. The average molecular weight is 169 g/mol. The Bertz CT molecular complexity index is 269. The van der Waals surface area contributed by atoms with Gasteiger partial charge >= 0.3 is 0 Å². The first-order valence-corrected chi connectivity index (χ1v) is 3.69. The summed E-state index contributed by atoms with van der Waals surface area (Å²) < 4.78 is 1.60. The van der Waals surface area contributed by atoms with Crippen LogP contribution in [0.25, 0.3) is 0 Å². The fourth-order valence-corrected chi connectivity index (χ4v) is 0.815. The molecular formula is C6H11N5O. The maximum atomic E-state index is 10.9. The molecule has 6 heteroatoms. The number of hydrogen-bond donors (Lipinski definition) is 2. The SMILES string of the molecule is CCCn1cc(C(=O)NN)nn1. The van der Waals surface area contributed by atoms with Gasteiger partial charge < -0.3 is 0 Å². The highest BCUT2D eigenvalue weighted by atomic mass is 16.2. The maximum absolute atomic E-state index is 10.9. The lowest BCUT2D eigenvalue weighted by Gasteiger charge is -1.92. The number of nitrogens with one attached hydrogen (secondary N) is 1. The van der Waals surface area contributed by atoms with Gasteiger partial charge in [-0.3, -0.25) is 14.9 Å². The van der Waals surface area contributed by atoms with E-state index in [0.29, 0.717) is 0 Å². The predicted molar refractivity (Wildman–Crippen MR) is 42.0 cm³/mol. The Morgan fingerprint density at radius 3 is 3.17 bits per heavy atom. The molecule has 0 aromatic carbocycles.